The fraction of sp³-hybridized carbons (Fsp3) is 0.533. The second kappa shape index (κ2) is 6.42. The van der Waals surface area contributed by atoms with Crippen LogP contribution in [-0.2, 0) is 0 Å². The highest BCUT2D eigenvalue weighted by Crippen LogP contribution is 2.17. The van der Waals surface area contributed by atoms with Gasteiger partial charge in [0.25, 0.3) is 0 Å². The molecule has 0 fully saturated rings. The lowest BCUT2D eigenvalue weighted by molar-refractivity contribution is 0.268. The predicted octanol–water partition coefficient (Wildman–Crippen LogP) is 2.96. The van der Waals surface area contributed by atoms with Gasteiger partial charge in [-0.3, -0.25) is 5.32 Å². The highest BCUT2D eigenvalue weighted by atomic mass is 16.5. The summed E-state index contributed by atoms with van der Waals surface area (Å²) < 4.78 is 5.72. The lowest BCUT2D eigenvalue weighted by atomic mass is 10.0. The molecule has 1 atom stereocenters. The zero-order valence-corrected chi connectivity index (χ0v) is 11.7. The predicted molar refractivity (Wildman–Crippen MR) is 73.7 cm³/mol. The zero-order valence-electron chi connectivity index (χ0n) is 11.7. The average Bonchev–Trinajstić information content (AvgIpc) is 2.28. The fourth-order valence-electron chi connectivity index (χ4n) is 1.96. The van der Waals surface area contributed by atoms with E-state index in [1.165, 1.54) is 11.1 Å². The Bertz CT molecular complexity index is 416. The molecule has 1 N–H and O–H groups in total. The van der Waals surface area contributed by atoms with Crippen LogP contribution >= 0.6 is 0 Å². The summed E-state index contributed by atoms with van der Waals surface area (Å²) in [6.45, 7) is 9.34. The van der Waals surface area contributed by atoms with E-state index >= 15 is 0 Å². The maximum atomic E-state index is 9.13. The summed E-state index contributed by atoms with van der Waals surface area (Å²) >= 11 is 0. The van der Waals surface area contributed by atoms with Crippen molar-refractivity contribution >= 4 is 0 Å². The normalized spacial score (nSPS) is 13.7. The van der Waals surface area contributed by atoms with Crippen LogP contribution in [0.3, 0.4) is 0 Å². The van der Waals surface area contributed by atoms with Crippen molar-refractivity contribution in [3.05, 3.63) is 29.3 Å². The molecule has 0 bridgehead atoms. The first-order valence-corrected chi connectivity index (χ1v) is 6.36. The Labute approximate surface area is 110 Å². The van der Waals surface area contributed by atoms with Crippen molar-refractivity contribution in [2.24, 2.45) is 0 Å². The van der Waals surface area contributed by atoms with Gasteiger partial charge in [0.2, 0.25) is 0 Å². The molecule has 0 saturated carbocycles. The van der Waals surface area contributed by atoms with Crippen molar-refractivity contribution < 1.29 is 4.74 Å². The number of benzene rings is 1. The van der Waals surface area contributed by atoms with Crippen LogP contribution < -0.4 is 10.1 Å². The third kappa shape index (κ3) is 4.38. The molecule has 0 heterocycles. The number of hydrogen-bond donors (Lipinski definition) is 1. The van der Waals surface area contributed by atoms with Crippen LogP contribution in [-0.4, -0.2) is 18.7 Å². The van der Waals surface area contributed by atoms with E-state index in [4.69, 9.17) is 10.00 Å². The van der Waals surface area contributed by atoms with Gasteiger partial charge in [-0.2, -0.15) is 5.26 Å². The molecule has 0 aliphatic heterocycles. The molecule has 0 saturated heterocycles. The number of aryl methyl sites for hydroxylation is 2. The van der Waals surface area contributed by atoms with Crippen LogP contribution in [0.5, 0.6) is 5.75 Å². The summed E-state index contributed by atoms with van der Waals surface area (Å²) in [4.78, 5) is 0. The van der Waals surface area contributed by atoms with Crippen LogP contribution in [0.2, 0.25) is 0 Å². The summed E-state index contributed by atoms with van der Waals surface area (Å²) in [6, 6.07) is 8.45. The molecule has 1 rings (SSSR count). The number of ether oxygens (including phenoxy) is 1. The Morgan fingerprint density at radius 2 is 1.89 bits per heavy atom. The molecule has 0 radical (unpaired) electrons. The highest BCUT2D eigenvalue weighted by molar-refractivity contribution is 5.33. The SMILES string of the molecule is CCNC(C)(C#N)CCOc1cc(C)cc(C)c1. The maximum Gasteiger partial charge on any atom is 0.119 e. The van der Waals surface area contributed by atoms with Gasteiger partial charge in [0.1, 0.15) is 11.3 Å². The molecule has 0 aliphatic rings. The van der Waals surface area contributed by atoms with E-state index in [2.05, 4.69) is 31.3 Å². The number of rotatable bonds is 6. The number of nitrogens with zero attached hydrogens (tertiary/aromatic N) is 1. The van der Waals surface area contributed by atoms with E-state index in [-0.39, 0.29) is 0 Å². The van der Waals surface area contributed by atoms with Crippen molar-refractivity contribution in [3.63, 3.8) is 0 Å². The molecule has 3 nitrogen and oxygen atoms in total. The van der Waals surface area contributed by atoms with Gasteiger partial charge in [-0.05, 0) is 50.6 Å². The lowest BCUT2D eigenvalue weighted by Crippen LogP contribution is -2.42. The van der Waals surface area contributed by atoms with Gasteiger partial charge in [0.15, 0.2) is 0 Å². The van der Waals surface area contributed by atoms with Gasteiger partial charge in [-0.15, -0.1) is 0 Å². The fourth-order valence-corrected chi connectivity index (χ4v) is 1.96. The Balaban J connectivity index is 2.53. The van der Waals surface area contributed by atoms with Gasteiger partial charge in [0.05, 0.1) is 12.7 Å². The van der Waals surface area contributed by atoms with E-state index in [9.17, 15) is 0 Å². The van der Waals surface area contributed by atoms with Gasteiger partial charge in [-0.25, -0.2) is 0 Å². The number of nitriles is 1. The topological polar surface area (TPSA) is 45.0 Å². The Hall–Kier alpha value is -1.53. The second-order valence-corrected chi connectivity index (χ2v) is 4.90. The van der Waals surface area contributed by atoms with Crippen molar-refractivity contribution in [2.45, 2.75) is 39.7 Å². The van der Waals surface area contributed by atoms with Crippen LogP contribution in [0.15, 0.2) is 18.2 Å². The summed E-state index contributed by atoms with van der Waals surface area (Å²) in [5.74, 6) is 0.879. The third-order valence-corrected chi connectivity index (χ3v) is 2.88. The molecule has 18 heavy (non-hydrogen) atoms. The van der Waals surface area contributed by atoms with E-state index in [0.29, 0.717) is 13.0 Å². The third-order valence-electron chi connectivity index (χ3n) is 2.88. The van der Waals surface area contributed by atoms with E-state index in [1.54, 1.807) is 0 Å². The molecular formula is C15H22N2O. The smallest absolute Gasteiger partial charge is 0.119 e. The van der Waals surface area contributed by atoms with Crippen LogP contribution in [0.4, 0.5) is 0 Å². The maximum absolute atomic E-state index is 9.13. The molecule has 1 aromatic carbocycles. The molecule has 98 valence electrons. The van der Waals surface area contributed by atoms with Gasteiger partial charge < -0.3 is 4.74 Å². The summed E-state index contributed by atoms with van der Waals surface area (Å²) in [6.07, 6.45) is 0.671. The molecule has 0 spiro atoms. The first-order chi connectivity index (χ1) is 8.49. The summed E-state index contributed by atoms with van der Waals surface area (Å²) in [5.41, 5.74) is 1.88. The lowest BCUT2D eigenvalue weighted by Gasteiger charge is -2.22. The number of nitrogens with one attached hydrogen (secondary N) is 1. The summed E-state index contributed by atoms with van der Waals surface area (Å²) in [5, 5.41) is 12.3. The molecule has 0 aliphatic carbocycles. The second-order valence-electron chi connectivity index (χ2n) is 4.90. The molecule has 1 aromatic rings. The average molecular weight is 246 g/mol. The van der Waals surface area contributed by atoms with E-state index in [0.717, 1.165) is 12.3 Å². The molecule has 3 heteroatoms. The Morgan fingerprint density at radius 1 is 1.28 bits per heavy atom. The minimum Gasteiger partial charge on any atom is -0.493 e. The standard InChI is InChI=1S/C15H22N2O/c1-5-17-15(4,11-16)6-7-18-14-9-12(2)8-13(3)10-14/h8-10,17H,5-7H2,1-4H3. The van der Waals surface area contributed by atoms with Crippen molar-refractivity contribution in [3.8, 4) is 11.8 Å². The minimum absolute atomic E-state index is 0.506. The van der Waals surface area contributed by atoms with Gasteiger partial charge in [0, 0.05) is 6.42 Å². The van der Waals surface area contributed by atoms with Crippen LogP contribution in [0.25, 0.3) is 0 Å². The largest absolute Gasteiger partial charge is 0.493 e. The van der Waals surface area contributed by atoms with Gasteiger partial charge >= 0.3 is 0 Å². The Morgan fingerprint density at radius 3 is 2.39 bits per heavy atom. The van der Waals surface area contributed by atoms with Crippen LogP contribution in [0, 0.1) is 25.2 Å². The summed E-state index contributed by atoms with van der Waals surface area (Å²) in [7, 11) is 0. The zero-order chi connectivity index (χ0) is 13.6. The first-order valence-electron chi connectivity index (χ1n) is 6.36. The molecule has 1 unspecified atom stereocenters. The Kier molecular flexibility index (Phi) is 5.18. The van der Waals surface area contributed by atoms with Crippen molar-refractivity contribution in [2.75, 3.05) is 13.2 Å². The highest BCUT2D eigenvalue weighted by Gasteiger charge is 2.21. The monoisotopic (exact) mass is 246 g/mol. The molecular weight excluding hydrogens is 224 g/mol. The van der Waals surface area contributed by atoms with E-state index in [1.807, 2.05) is 26.0 Å². The van der Waals surface area contributed by atoms with E-state index < -0.39 is 5.54 Å². The molecule has 0 amide bonds. The van der Waals surface area contributed by atoms with Crippen molar-refractivity contribution in [1.82, 2.24) is 5.32 Å². The number of hydrogen-bond acceptors (Lipinski definition) is 3. The van der Waals surface area contributed by atoms with Crippen LogP contribution in [0.1, 0.15) is 31.4 Å². The molecule has 0 aromatic heterocycles. The van der Waals surface area contributed by atoms with Gasteiger partial charge in [-0.1, -0.05) is 13.0 Å². The first kappa shape index (κ1) is 14.5. The minimum atomic E-state index is -0.506. The van der Waals surface area contributed by atoms with Crippen molar-refractivity contribution in [1.29, 1.82) is 5.26 Å². The quantitative estimate of drug-likeness (QED) is 0.839.